The number of nitroso groups, excluding NO2 is 1. The molecule has 0 amide bonds. The van der Waals surface area contributed by atoms with E-state index in [1.165, 1.54) is 51.6 Å². The normalized spacial score (nSPS) is 20.7. The summed E-state index contributed by atoms with van der Waals surface area (Å²) in [7, 11) is 4.02. The average Bonchev–Trinajstić information content (AvgIpc) is 3.83. The number of carboxylic acid groups (broad SMARTS) is 1. The van der Waals surface area contributed by atoms with Gasteiger partial charge in [-0.3, -0.25) is 0 Å². The number of carbonyl (C=O) groups excluding carboxylic acids is 1. The molecule has 4 atom stereocenters. The van der Waals surface area contributed by atoms with Crippen LogP contribution in [0.2, 0.25) is 0 Å². The van der Waals surface area contributed by atoms with Gasteiger partial charge in [-0.1, -0.05) is 94.9 Å². The molecule has 3 N–H and O–H groups in total. The molecule has 3 unspecified atom stereocenters. The number of epoxide rings is 1. The molecule has 0 spiro atoms. The highest BCUT2D eigenvalue weighted by Gasteiger charge is 2.50. The molecule has 284 valence electrons. The maximum absolute atomic E-state index is 11.0. The minimum absolute atomic E-state index is 0.168. The van der Waals surface area contributed by atoms with Crippen LogP contribution >= 0.6 is 0 Å². The second-order valence-corrected chi connectivity index (χ2v) is 11.8. The van der Waals surface area contributed by atoms with Crippen LogP contribution in [0.5, 0.6) is 0 Å². The predicted octanol–water partition coefficient (Wildman–Crippen LogP) is 9.81. The van der Waals surface area contributed by atoms with Crippen LogP contribution in [0.1, 0.15) is 141 Å². The average molecular weight is 686 g/mol. The first kappa shape index (κ1) is 55.0. The number of carbonyl (C=O) groups is 2. The van der Waals surface area contributed by atoms with E-state index in [9.17, 15) is 9.90 Å². The van der Waals surface area contributed by atoms with Crippen LogP contribution in [0.15, 0.2) is 51.8 Å². The molecule has 1 saturated heterocycles. The zero-order valence-corrected chi connectivity index (χ0v) is 33.4. The van der Waals surface area contributed by atoms with Gasteiger partial charge in [0.1, 0.15) is 6.29 Å². The molecule has 2 aliphatic rings. The topological polar surface area (TPSA) is 146 Å². The van der Waals surface area contributed by atoms with Crippen molar-refractivity contribution in [3.05, 3.63) is 51.5 Å². The second kappa shape index (κ2) is 35.8. The molecule has 0 aromatic heterocycles. The maximum Gasteiger partial charge on any atom is 0.335 e. The summed E-state index contributed by atoms with van der Waals surface area (Å²) in [4.78, 5) is 28.4. The zero-order valence-electron chi connectivity index (χ0n) is 33.4. The van der Waals surface area contributed by atoms with Gasteiger partial charge in [-0.25, -0.2) is 4.79 Å². The molecule has 2 rings (SSSR count). The Morgan fingerprint density at radius 3 is 1.73 bits per heavy atom. The first-order chi connectivity index (χ1) is 22.6. The van der Waals surface area contributed by atoms with Crippen LogP contribution in [0.25, 0.3) is 0 Å². The summed E-state index contributed by atoms with van der Waals surface area (Å²) in [6.07, 6.45) is 17.6. The molecular weight excluding hydrogens is 610 g/mol. The Labute approximate surface area is 294 Å². The van der Waals surface area contributed by atoms with Gasteiger partial charge in [-0.05, 0) is 92.2 Å². The van der Waals surface area contributed by atoms with E-state index < -0.39 is 11.6 Å². The highest BCUT2D eigenvalue weighted by molar-refractivity contribution is 5.89. The number of methoxy groups -OCH3 is 1. The van der Waals surface area contributed by atoms with Crippen molar-refractivity contribution in [2.45, 2.75) is 158 Å². The molecule has 1 aliphatic carbocycles. The fourth-order valence-corrected chi connectivity index (χ4v) is 4.67. The molecule has 0 radical (unpaired) electrons. The number of carboxylic acids is 1. The first-order valence-electron chi connectivity index (χ1n) is 17.5. The Morgan fingerprint density at radius 2 is 1.44 bits per heavy atom. The summed E-state index contributed by atoms with van der Waals surface area (Å²) < 4.78 is 11.0. The van der Waals surface area contributed by atoms with Gasteiger partial charge in [0.2, 0.25) is 0 Å². The summed E-state index contributed by atoms with van der Waals surface area (Å²) in [5, 5.41) is 29.1. The lowest BCUT2D eigenvalue weighted by Gasteiger charge is -2.33. The van der Waals surface area contributed by atoms with Crippen molar-refractivity contribution >= 4 is 12.3 Å². The molecule has 9 heteroatoms. The monoisotopic (exact) mass is 686 g/mol. The molecular formula is C39H75NO8. The van der Waals surface area contributed by atoms with Crippen molar-refractivity contribution < 1.29 is 34.4 Å². The fraction of sp³-hybridized carbons (Fsp3) is 0.744. The summed E-state index contributed by atoms with van der Waals surface area (Å²) in [5.74, 6) is -0.302. The van der Waals surface area contributed by atoms with Crippen LogP contribution in [-0.4, -0.2) is 72.8 Å². The molecule has 2 fully saturated rings. The summed E-state index contributed by atoms with van der Waals surface area (Å²) in [6.45, 7) is 24.8. The van der Waals surface area contributed by atoms with E-state index in [0.29, 0.717) is 24.9 Å². The van der Waals surface area contributed by atoms with Gasteiger partial charge in [0.15, 0.2) is 0 Å². The number of aldehydes is 1. The Balaban J connectivity index is -0.000000185. The van der Waals surface area contributed by atoms with Crippen molar-refractivity contribution in [3.63, 3.8) is 0 Å². The van der Waals surface area contributed by atoms with Gasteiger partial charge in [-0.2, -0.15) is 4.91 Å². The number of hydrogen-bond acceptors (Lipinski definition) is 8. The highest BCUT2D eigenvalue weighted by Crippen LogP contribution is 2.43. The SMILES string of the molecule is CC=C(C)C.CC=O.CCC.CN=O.CO.COC1CCCCC1[C@]1(C)CO1.C\C=C(/C=C\C(=C(\C)CC)C(O)(CC)CCC)C(=O)O. The largest absolute Gasteiger partial charge is 0.478 e. The van der Waals surface area contributed by atoms with Gasteiger partial charge in [-0.15, -0.1) is 0 Å². The van der Waals surface area contributed by atoms with E-state index in [1.807, 2.05) is 41.7 Å². The Kier molecular flexibility index (Phi) is 41.0. The smallest absolute Gasteiger partial charge is 0.335 e. The van der Waals surface area contributed by atoms with Gasteiger partial charge in [0.25, 0.3) is 0 Å². The number of nitrogens with zero attached hydrogens (tertiary/aromatic N) is 1. The van der Waals surface area contributed by atoms with Gasteiger partial charge >= 0.3 is 5.97 Å². The lowest BCUT2D eigenvalue weighted by Crippen LogP contribution is -2.36. The quantitative estimate of drug-likeness (QED) is 0.0514. The van der Waals surface area contributed by atoms with E-state index in [-0.39, 0.29) is 11.2 Å². The zero-order chi connectivity index (χ0) is 38.8. The number of aliphatic hydroxyl groups is 2. The third-order valence-corrected chi connectivity index (χ3v) is 7.69. The summed E-state index contributed by atoms with van der Waals surface area (Å²) >= 11 is 0. The van der Waals surface area contributed by atoms with Gasteiger partial charge < -0.3 is 29.6 Å². The lowest BCUT2D eigenvalue weighted by atomic mass is 9.78. The molecule has 0 aromatic carbocycles. The van der Waals surface area contributed by atoms with Crippen molar-refractivity contribution in [1.29, 1.82) is 0 Å². The highest BCUT2D eigenvalue weighted by atomic mass is 16.6. The molecule has 0 bridgehead atoms. The minimum Gasteiger partial charge on any atom is -0.478 e. The number of aliphatic hydroxyl groups excluding tert-OH is 1. The number of hydrogen-bond donors (Lipinski definition) is 3. The molecule has 1 saturated carbocycles. The minimum atomic E-state index is -0.951. The molecule has 9 nitrogen and oxygen atoms in total. The Bertz CT molecular complexity index is 909. The Morgan fingerprint density at radius 1 is 1.00 bits per heavy atom. The van der Waals surface area contributed by atoms with Crippen LogP contribution in [0, 0.1) is 10.8 Å². The van der Waals surface area contributed by atoms with E-state index in [2.05, 4.69) is 45.9 Å². The van der Waals surface area contributed by atoms with E-state index in [1.54, 1.807) is 25.2 Å². The molecule has 1 heterocycles. The predicted molar refractivity (Wildman–Crippen MR) is 203 cm³/mol. The molecule has 1 aliphatic heterocycles. The first-order valence-corrected chi connectivity index (χ1v) is 17.5. The number of allylic oxidation sites excluding steroid dienone is 4. The van der Waals surface area contributed by atoms with Crippen LogP contribution in [0.3, 0.4) is 0 Å². The number of aliphatic carboxylic acids is 1. The van der Waals surface area contributed by atoms with E-state index in [0.717, 1.165) is 44.0 Å². The van der Waals surface area contributed by atoms with Crippen molar-refractivity contribution in [2.75, 3.05) is 27.9 Å². The number of rotatable bonds is 10. The van der Waals surface area contributed by atoms with Crippen molar-refractivity contribution in [2.24, 2.45) is 11.1 Å². The van der Waals surface area contributed by atoms with Gasteiger partial charge in [0, 0.05) is 20.1 Å². The van der Waals surface area contributed by atoms with Crippen molar-refractivity contribution in [1.82, 2.24) is 0 Å². The van der Waals surface area contributed by atoms with Crippen LogP contribution in [0.4, 0.5) is 0 Å². The fourth-order valence-electron chi connectivity index (χ4n) is 4.67. The molecule has 48 heavy (non-hydrogen) atoms. The summed E-state index contributed by atoms with van der Waals surface area (Å²) in [6, 6.07) is 0. The number of ether oxygens (including phenoxy) is 2. The summed E-state index contributed by atoms with van der Waals surface area (Å²) in [5.41, 5.74) is 2.86. The third-order valence-electron chi connectivity index (χ3n) is 7.69. The van der Waals surface area contributed by atoms with E-state index >= 15 is 0 Å². The lowest BCUT2D eigenvalue weighted by molar-refractivity contribution is -0.132. The maximum atomic E-state index is 11.0. The second-order valence-electron chi connectivity index (χ2n) is 11.8. The molecule has 0 aromatic rings. The van der Waals surface area contributed by atoms with Crippen LogP contribution < -0.4 is 0 Å². The third kappa shape index (κ3) is 27.5. The van der Waals surface area contributed by atoms with Gasteiger partial charge in [0.05, 0.1) is 36.5 Å². The van der Waals surface area contributed by atoms with Crippen LogP contribution in [-0.2, 0) is 19.1 Å². The standard InChI is InChI=1S/C17H28O3.C10H18O2.C5H10.C3H8.C2H4O.CH3NO.CH4O/c1-6-12-17(20,9-4)15(13(5)7-2)11-10-14(8-3)16(18)19;1-10(7-12-10)8-5-3-4-6-9(8)11-2;1-4-5(2)3;1-3-2;2*1-2-3;1-2/h8,10-11,20H,6-7,9,12H2,1-5H3,(H,18,19);8-9H,3-7H2,1-2H3;4H,1-3H3;3H2,1-2H3;2H,1H3;1H3;2H,1H3/b11-10-,14-8+,15-13+;;;;;;/t;8?,9?,10-;;;;;/m.0...../s1. The Hall–Kier alpha value is -2.46. The van der Waals surface area contributed by atoms with Crippen molar-refractivity contribution in [3.8, 4) is 0 Å². The van der Waals surface area contributed by atoms with E-state index in [4.69, 9.17) is 29.4 Å².